The first-order valence-corrected chi connectivity index (χ1v) is 5.86. The Bertz CT molecular complexity index is 547. The molecule has 3 nitrogen and oxygen atoms in total. The molecule has 2 aromatic rings. The summed E-state index contributed by atoms with van der Waals surface area (Å²) in [6, 6.07) is 4.68. The summed E-state index contributed by atoms with van der Waals surface area (Å²) in [6.07, 6.45) is 1.07. The van der Waals surface area contributed by atoms with Crippen LogP contribution in [0.25, 0.3) is 11.0 Å². The Morgan fingerprint density at radius 3 is 2.94 bits per heavy atom. The van der Waals surface area contributed by atoms with E-state index in [2.05, 4.69) is 5.32 Å². The van der Waals surface area contributed by atoms with Crippen molar-refractivity contribution in [3.63, 3.8) is 0 Å². The van der Waals surface area contributed by atoms with Crippen LogP contribution in [0.3, 0.4) is 0 Å². The largest absolute Gasteiger partial charge is 0.464 e. The van der Waals surface area contributed by atoms with Crippen molar-refractivity contribution in [2.45, 2.75) is 12.1 Å². The van der Waals surface area contributed by atoms with Crippen LogP contribution >= 0.6 is 0 Å². The lowest BCUT2D eigenvalue weighted by atomic mass is 10.0. The normalized spacial score (nSPS) is 24.6. The average molecular weight is 253 g/mol. The molecule has 2 heterocycles. The van der Waals surface area contributed by atoms with Gasteiger partial charge in [0, 0.05) is 12.1 Å². The summed E-state index contributed by atoms with van der Waals surface area (Å²) in [4.78, 5) is 0. The highest BCUT2D eigenvalue weighted by molar-refractivity contribution is 5.78. The van der Waals surface area contributed by atoms with Crippen LogP contribution in [-0.2, 0) is 4.74 Å². The first kappa shape index (κ1) is 11.6. The highest BCUT2D eigenvalue weighted by Crippen LogP contribution is 2.28. The van der Waals surface area contributed by atoms with Crippen molar-refractivity contribution in [3.8, 4) is 0 Å². The number of fused-ring (bicyclic) bond motifs is 1. The van der Waals surface area contributed by atoms with Gasteiger partial charge in [0.1, 0.15) is 18.1 Å². The molecule has 0 saturated carbocycles. The van der Waals surface area contributed by atoms with Gasteiger partial charge in [-0.15, -0.1) is 0 Å². The standard InChI is InChI=1S/C13H13F2NO2/c14-5-8-7-18-12(6-16-8)9-1-2-11-10(13(9)15)3-4-17-11/h1-4,8,12,16H,5-7H2. The third-order valence-corrected chi connectivity index (χ3v) is 3.22. The van der Waals surface area contributed by atoms with Gasteiger partial charge in [-0.05, 0) is 18.2 Å². The van der Waals surface area contributed by atoms with E-state index in [1.165, 1.54) is 6.26 Å². The first-order chi connectivity index (χ1) is 8.79. The van der Waals surface area contributed by atoms with Crippen molar-refractivity contribution in [3.05, 3.63) is 35.8 Å². The van der Waals surface area contributed by atoms with Crippen molar-refractivity contribution in [1.82, 2.24) is 5.32 Å². The molecule has 1 saturated heterocycles. The van der Waals surface area contributed by atoms with Crippen LogP contribution < -0.4 is 5.32 Å². The molecule has 96 valence electrons. The van der Waals surface area contributed by atoms with Crippen LogP contribution in [0.4, 0.5) is 8.78 Å². The molecule has 5 heteroatoms. The summed E-state index contributed by atoms with van der Waals surface area (Å²) in [5.41, 5.74) is 0.996. The molecule has 0 spiro atoms. The fraction of sp³-hybridized carbons (Fsp3) is 0.385. The molecule has 1 aliphatic rings. The van der Waals surface area contributed by atoms with E-state index in [-0.39, 0.29) is 24.6 Å². The van der Waals surface area contributed by atoms with Crippen LogP contribution in [0.5, 0.6) is 0 Å². The van der Waals surface area contributed by atoms with Crippen LogP contribution in [0.2, 0.25) is 0 Å². The number of furan rings is 1. The molecule has 1 aromatic carbocycles. The lowest BCUT2D eigenvalue weighted by molar-refractivity contribution is -0.00368. The molecule has 0 amide bonds. The summed E-state index contributed by atoms with van der Waals surface area (Å²) >= 11 is 0. The molecule has 1 N–H and O–H groups in total. The third kappa shape index (κ3) is 1.89. The summed E-state index contributed by atoms with van der Waals surface area (Å²) in [6.45, 7) is 0.189. The monoisotopic (exact) mass is 253 g/mol. The number of nitrogens with one attached hydrogen (secondary N) is 1. The maximum absolute atomic E-state index is 14.2. The SMILES string of the molecule is FCC1COC(c2ccc3occc3c2F)CN1. The Labute approximate surface area is 103 Å². The van der Waals surface area contributed by atoms with Crippen LogP contribution in [0, 0.1) is 5.82 Å². The van der Waals surface area contributed by atoms with E-state index >= 15 is 0 Å². The second-order valence-electron chi connectivity index (χ2n) is 4.38. The lowest BCUT2D eigenvalue weighted by Gasteiger charge is -2.29. The number of halogens is 2. The third-order valence-electron chi connectivity index (χ3n) is 3.22. The van der Waals surface area contributed by atoms with Crippen molar-refractivity contribution in [2.24, 2.45) is 0 Å². The number of hydrogen-bond donors (Lipinski definition) is 1. The van der Waals surface area contributed by atoms with E-state index < -0.39 is 6.67 Å². The van der Waals surface area contributed by atoms with Gasteiger partial charge in [-0.25, -0.2) is 8.78 Å². The fourth-order valence-electron chi connectivity index (χ4n) is 2.20. The van der Waals surface area contributed by atoms with Gasteiger partial charge in [0.15, 0.2) is 0 Å². The molecule has 1 fully saturated rings. The molecule has 1 aromatic heterocycles. The van der Waals surface area contributed by atoms with Crippen LogP contribution in [-0.4, -0.2) is 25.9 Å². The van der Waals surface area contributed by atoms with E-state index in [1.807, 2.05) is 0 Å². The Morgan fingerprint density at radius 1 is 1.33 bits per heavy atom. The number of morpholine rings is 1. The minimum absolute atomic E-state index is 0.254. The summed E-state index contributed by atoms with van der Waals surface area (Å²) < 4.78 is 37.3. The Balaban J connectivity index is 1.88. The molecule has 0 bridgehead atoms. The molecule has 2 atom stereocenters. The van der Waals surface area contributed by atoms with Gasteiger partial charge in [0.25, 0.3) is 0 Å². The van der Waals surface area contributed by atoms with Gasteiger partial charge in [-0.2, -0.15) is 0 Å². The highest BCUT2D eigenvalue weighted by Gasteiger charge is 2.25. The number of benzene rings is 1. The van der Waals surface area contributed by atoms with Crippen molar-refractivity contribution in [1.29, 1.82) is 0 Å². The lowest BCUT2D eigenvalue weighted by Crippen LogP contribution is -2.44. The average Bonchev–Trinajstić information content (AvgIpc) is 2.89. The Hall–Kier alpha value is -1.46. The molecule has 1 aliphatic heterocycles. The second-order valence-corrected chi connectivity index (χ2v) is 4.38. The maximum atomic E-state index is 14.2. The van der Waals surface area contributed by atoms with Crippen molar-refractivity contribution < 1.29 is 17.9 Å². The fourth-order valence-corrected chi connectivity index (χ4v) is 2.20. The number of ether oxygens (including phenoxy) is 1. The van der Waals surface area contributed by atoms with E-state index in [9.17, 15) is 8.78 Å². The molecule has 0 aliphatic carbocycles. The van der Waals surface area contributed by atoms with E-state index in [0.717, 1.165) is 0 Å². The Morgan fingerprint density at radius 2 is 2.22 bits per heavy atom. The van der Waals surface area contributed by atoms with Crippen LogP contribution in [0.1, 0.15) is 11.7 Å². The van der Waals surface area contributed by atoms with E-state index in [1.54, 1.807) is 18.2 Å². The quantitative estimate of drug-likeness (QED) is 0.893. The van der Waals surface area contributed by atoms with Gasteiger partial charge in [-0.3, -0.25) is 0 Å². The molecule has 18 heavy (non-hydrogen) atoms. The number of hydrogen-bond acceptors (Lipinski definition) is 3. The van der Waals surface area contributed by atoms with Gasteiger partial charge >= 0.3 is 0 Å². The minimum atomic E-state index is -0.476. The number of alkyl halides is 1. The highest BCUT2D eigenvalue weighted by atomic mass is 19.1. The maximum Gasteiger partial charge on any atom is 0.140 e. The summed E-state index contributed by atoms with van der Waals surface area (Å²) in [7, 11) is 0. The zero-order valence-electron chi connectivity index (χ0n) is 9.66. The zero-order valence-corrected chi connectivity index (χ0v) is 9.66. The molecule has 2 unspecified atom stereocenters. The topological polar surface area (TPSA) is 34.4 Å². The second kappa shape index (κ2) is 4.66. The summed E-state index contributed by atoms with van der Waals surface area (Å²) in [5.74, 6) is -0.327. The van der Waals surface area contributed by atoms with Gasteiger partial charge in [0.2, 0.25) is 0 Å². The predicted molar refractivity (Wildman–Crippen MR) is 62.6 cm³/mol. The van der Waals surface area contributed by atoms with E-state index in [4.69, 9.17) is 9.15 Å². The summed E-state index contributed by atoms with van der Waals surface area (Å²) in [5, 5.41) is 3.44. The van der Waals surface area contributed by atoms with Crippen molar-refractivity contribution in [2.75, 3.05) is 19.8 Å². The smallest absolute Gasteiger partial charge is 0.140 e. The molecule has 3 rings (SSSR count). The molecular formula is C13H13F2NO2. The Kier molecular flexibility index (Phi) is 3.01. The molecule has 0 radical (unpaired) electrons. The van der Waals surface area contributed by atoms with Crippen LogP contribution in [0.15, 0.2) is 28.9 Å². The predicted octanol–water partition coefficient (Wildman–Crippen LogP) is 2.57. The first-order valence-electron chi connectivity index (χ1n) is 5.86. The van der Waals surface area contributed by atoms with E-state index in [0.29, 0.717) is 23.1 Å². The van der Waals surface area contributed by atoms with Gasteiger partial charge in [0.05, 0.1) is 30.4 Å². The van der Waals surface area contributed by atoms with Gasteiger partial charge < -0.3 is 14.5 Å². The number of rotatable bonds is 2. The van der Waals surface area contributed by atoms with Gasteiger partial charge in [-0.1, -0.05) is 0 Å². The van der Waals surface area contributed by atoms with Crippen molar-refractivity contribution >= 4 is 11.0 Å². The minimum Gasteiger partial charge on any atom is -0.464 e. The zero-order chi connectivity index (χ0) is 12.5. The molecular weight excluding hydrogens is 240 g/mol.